The molecule has 0 aliphatic rings. The van der Waals surface area contributed by atoms with Crippen LogP contribution in [0.5, 0.6) is 0 Å². The van der Waals surface area contributed by atoms with Gasteiger partial charge >= 0.3 is 0 Å². The molecule has 1 nitrogen and oxygen atoms in total. The molecule has 0 saturated carbocycles. The Kier molecular flexibility index (Phi) is 3.98. The molecule has 0 bridgehead atoms. The summed E-state index contributed by atoms with van der Waals surface area (Å²) in [6.07, 6.45) is 1.06. The van der Waals surface area contributed by atoms with E-state index in [-0.39, 0.29) is 5.82 Å². The van der Waals surface area contributed by atoms with Crippen molar-refractivity contribution in [3.63, 3.8) is 0 Å². The van der Waals surface area contributed by atoms with E-state index in [1.165, 1.54) is 23.3 Å². The molecule has 0 atom stereocenters. The van der Waals surface area contributed by atoms with Crippen LogP contribution < -0.4 is 5.32 Å². The highest BCUT2D eigenvalue weighted by Crippen LogP contribution is 2.16. The van der Waals surface area contributed by atoms with Crippen molar-refractivity contribution in [1.82, 2.24) is 0 Å². The van der Waals surface area contributed by atoms with E-state index in [0.29, 0.717) is 6.54 Å². The van der Waals surface area contributed by atoms with Crippen molar-refractivity contribution in [3.05, 3.63) is 65.0 Å². The van der Waals surface area contributed by atoms with Crippen LogP contribution in [0.4, 0.5) is 10.1 Å². The molecular formula is C16H18FN. The van der Waals surface area contributed by atoms with Crippen molar-refractivity contribution >= 4 is 5.69 Å². The van der Waals surface area contributed by atoms with Crippen molar-refractivity contribution in [1.29, 1.82) is 0 Å². The molecule has 2 heteroatoms. The van der Waals surface area contributed by atoms with Crippen LogP contribution in [0.3, 0.4) is 0 Å². The van der Waals surface area contributed by atoms with Gasteiger partial charge in [-0.25, -0.2) is 4.39 Å². The summed E-state index contributed by atoms with van der Waals surface area (Å²) < 4.78 is 12.8. The smallest absolute Gasteiger partial charge is 0.123 e. The molecule has 0 heterocycles. The molecule has 1 N–H and O–H groups in total. The summed E-state index contributed by atoms with van der Waals surface area (Å²) in [4.78, 5) is 0. The third kappa shape index (κ3) is 3.10. The van der Waals surface area contributed by atoms with Crippen LogP contribution in [0.2, 0.25) is 0 Å². The van der Waals surface area contributed by atoms with Gasteiger partial charge in [0.15, 0.2) is 0 Å². The molecule has 0 fully saturated rings. The standard InChI is InChI=1S/C16H18FN/c1-3-14-6-9-16(10-12(14)2)18-11-13-4-7-15(17)8-5-13/h4-10,18H,3,11H2,1-2H3. The predicted octanol–water partition coefficient (Wildman–Crippen LogP) is 4.31. The van der Waals surface area contributed by atoms with Gasteiger partial charge in [-0.15, -0.1) is 0 Å². The second kappa shape index (κ2) is 5.67. The number of rotatable bonds is 4. The highest BCUT2D eigenvalue weighted by molar-refractivity contribution is 5.48. The van der Waals surface area contributed by atoms with Gasteiger partial charge in [-0.3, -0.25) is 0 Å². The molecule has 0 saturated heterocycles. The summed E-state index contributed by atoms with van der Waals surface area (Å²) in [5.74, 6) is -0.193. The number of aryl methyl sites for hydroxylation is 2. The lowest BCUT2D eigenvalue weighted by Crippen LogP contribution is -2.00. The molecule has 0 aromatic heterocycles. The van der Waals surface area contributed by atoms with Gasteiger partial charge in [0.1, 0.15) is 5.82 Å². The first-order valence-corrected chi connectivity index (χ1v) is 6.27. The summed E-state index contributed by atoms with van der Waals surface area (Å²) >= 11 is 0. The van der Waals surface area contributed by atoms with Crippen molar-refractivity contribution in [2.45, 2.75) is 26.8 Å². The first-order chi connectivity index (χ1) is 8.69. The Morgan fingerprint density at radius 3 is 2.39 bits per heavy atom. The Bertz CT molecular complexity index is 517. The molecule has 0 unspecified atom stereocenters. The molecular weight excluding hydrogens is 225 g/mol. The van der Waals surface area contributed by atoms with Gasteiger partial charge in [0.2, 0.25) is 0 Å². The van der Waals surface area contributed by atoms with Gasteiger partial charge in [0.05, 0.1) is 0 Å². The molecule has 18 heavy (non-hydrogen) atoms. The summed E-state index contributed by atoms with van der Waals surface area (Å²) in [7, 11) is 0. The Labute approximate surface area is 108 Å². The van der Waals surface area contributed by atoms with Crippen LogP contribution in [-0.4, -0.2) is 0 Å². The Morgan fingerprint density at radius 2 is 1.78 bits per heavy atom. The van der Waals surface area contributed by atoms with Gasteiger partial charge in [0.25, 0.3) is 0 Å². The third-order valence-electron chi connectivity index (χ3n) is 3.13. The summed E-state index contributed by atoms with van der Waals surface area (Å²) in [5, 5.41) is 3.35. The summed E-state index contributed by atoms with van der Waals surface area (Å²) in [6.45, 7) is 5.00. The highest BCUT2D eigenvalue weighted by Gasteiger charge is 1.99. The fourth-order valence-corrected chi connectivity index (χ4v) is 2.01. The molecule has 0 radical (unpaired) electrons. The van der Waals surface area contributed by atoms with E-state index in [2.05, 4.69) is 37.4 Å². The predicted molar refractivity (Wildman–Crippen MR) is 74.3 cm³/mol. The van der Waals surface area contributed by atoms with E-state index in [0.717, 1.165) is 17.7 Å². The lowest BCUT2D eigenvalue weighted by atomic mass is 10.1. The van der Waals surface area contributed by atoms with Crippen LogP contribution in [0.15, 0.2) is 42.5 Å². The molecule has 0 aliphatic heterocycles. The molecule has 2 aromatic carbocycles. The lowest BCUT2D eigenvalue weighted by molar-refractivity contribution is 0.627. The molecule has 0 spiro atoms. The van der Waals surface area contributed by atoms with Crippen molar-refractivity contribution in [3.8, 4) is 0 Å². The van der Waals surface area contributed by atoms with Gasteiger partial charge in [-0.05, 0) is 54.3 Å². The topological polar surface area (TPSA) is 12.0 Å². The summed E-state index contributed by atoms with van der Waals surface area (Å²) in [5.41, 5.74) is 4.87. The van der Waals surface area contributed by atoms with Gasteiger partial charge in [0, 0.05) is 12.2 Å². The minimum atomic E-state index is -0.193. The maximum atomic E-state index is 12.8. The first kappa shape index (κ1) is 12.6. The largest absolute Gasteiger partial charge is 0.381 e. The molecule has 0 amide bonds. The normalized spacial score (nSPS) is 10.4. The second-order valence-electron chi connectivity index (χ2n) is 4.47. The zero-order valence-corrected chi connectivity index (χ0v) is 10.8. The van der Waals surface area contributed by atoms with E-state index in [1.54, 1.807) is 12.1 Å². The monoisotopic (exact) mass is 243 g/mol. The minimum absolute atomic E-state index is 0.193. The average Bonchev–Trinajstić information content (AvgIpc) is 2.38. The van der Waals surface area contributed by atoms with Crippen molar-refractivity contribution in [2.75, 3.05) is 5.32 Å². The fraction of sp³-hybridized carbons (Fsp3) is 0.250. The van der Waals surface area contributed by atoms with E-state index < -0.39 is 0 Å². The number of nitrogens with one attached hydrogen (secondary N) is 1. The summed E-state index contributed by atoms with van der Waals surface area (Å²) in [6, 6.07) is 13.0. The maximum Gasteiger partial charge on any atom is 0.123 e. The lowest BCUT2D eigenvalue weighted by Gasteiger charge is -2.09. The number of hydrogen-bond donors (Lipinski definition) is 1. The quantitative estimate of drug-likeness (QED) is 0.843. The molecule has 0 aliphatic carbocycles. The Balaban J connectivity index is 2.02. The molecule has 94 valence electrons. The van der Waals surface area contributed by atoms with Crippen LogP contribution in [0.25, 0.3) is 0 Å². The highest BCUT2D eigenvalue weighted by atomic mass is 19.1. The van der Waals surface area contributed by atoms with Gasteiger partial charge in [-0.2, -0.15) is 0 Å². The second-order valence-corrected chi connectivity index (χ2v) is 4.47. The minimum Gasteiger partial charge on any atom is -0.381 e. The molecule has 2 rings (SSSR count). The van der Waals surface area contributed by atoms with Gasteiger partial charge < -0.3 is 5.32 Å². The van der Waals surface area contributed by atoms with Crippen LogP contribution in [-0.2, 0) is 13.0 Å². The van der Waals surface area contributed by atoms with E-state index in [4.69, 9.17) is 0 Å². The number of hydrogen-bond acceptors (Lipinski definition) is 1. The third-order valence-corrected chi connectivity index (χ3v) is 3.13. The molecule has 2 aromatic rings. The SMILES string of the molecule is CCc1ccc(NCc2ccc(F)cc2)cc1C. The van der Waals surface area contributed by atoms with E-state index in [1.807, 2.05) is 0 Å². The number of halogens is 1. The van der Waals surface area contributed by atoms with Crippen molar-refractivity contribution < 1.29 is 4.39 Å². The van der Waals surface area contributed by atoms with Crippen LogP contribution in [0, 0.1) is 12.7 Å². The number of benzene rings is 2. The van der Waals surface area contributed by atoms with Gasteiger partial charge in [-0.1, -0.05) is 25.1 Å². The van der Waals surface area contributed by atoms with E-state index >= 15 is 0 Å². The average molecular weight is 243 g/mol. The van der Waals surface area contributed by atoms with E-state index in [9.17, 15) is 4.39 Å². The zero-order valence-electron chi connectivity index (χ0n) is 10.8. The zero-order chi connectivity index (χ0) is 13.0. The maximum absolute atomic E-state index is 12.8. The van der Waals surface area contributed by atoms with Crippen molar-refractivity contribution in [2.24, 2.45) is 0 Å². The first-order valence-electron chi connectivity index (χ1n) is 6.27. The fourth-order valence-electron chi connectivity index (χ4n) is 2.01. The Morgan fingerprint density at radius 1 is 1.06 bits per heavy atom. The number of anilines is 1. The van der Waals surface area contributed by atoms with Crippen LogP contribution in [0.1, 0.15) is 23.6 Å². The van der Waals surface area contributed by atoms with Crippen LogP contribution >= 0.6 is 0 Å². The Hall–Kier alpha value is -1.83.